The van der Waals surface area contributed by atoms with E-state index in [0.29, 0.717) is 32.7 Å². The van der Waals surface area contributed by atoms with Gasteiger partial charge in [0.2, 0.25) is 0 Å². The fourth-order valence-corrected chi connectivity index (χ4v) is 3.80. The van der Waals surface area contributed by atoms with Crippen molar-refractivity contribution in [2.75, 3.05) is 19.8 Å². The van der Waals surface area contributed by atoms with Gasteiger partial charge in [-0.15, -0.1) is 0 Å². The lowest BCUT2D eigenvalue weighted by atomic mass is 10.2. The van der Waals surface area contributed by atoms with Crippen LogP contribution >= 0.6 is 0 Å². The molecule has 19 heavy (non-hydrogen) atoms. The predicted molar refractivity (Wildman–Crippen MR) is 83.6 cm³/mol. The van der Waals surface area contributed by atoms with Crippen molar-refractivity contribution in [2.24, 2.45) is 0 Å². The van der Waals surface area contributed by atoms with Crippen molar-refractivity contribution in [1.82, 2.24) is 0 Å². The summed E-state index contributed by atoms with van der Waals surface area (Å²) in [7, 11) is -2.74. The maximum atomic E-state index is 10.5. The Morgan fingerprint density at radius 3 is 2.16 bits per heavy atom. The van der Waals surface area contributed by atoms with Crippen molar-refractivity contribution < 1.29 is 19.1 Å². The number of hydrogen-bond donors (Lipinski definition) is 1. The Labute approximate surface area is 118 Å². The summed E-state index contributed by atoms with van der Waals surface area (Å²) in [6, 6.07) is 0. The first-order valence-corrected chi connectivity index (χ1v) is 14.1. The molecule has 0 fully saturated rings. The van der Waals surface area contributed by atoms with E-state index in [9.17, 15) is 4.79 Å². The van der Waals surface area contributed by atoms with Crippen LogP contribution in [0.1, 0.15) is 12.8 Å². The summed E-state index contributed by atoms with van der Waals surface area (Å²) in [5, 5.41) is 8.64. The standard InChI is InChI=1S/C13H28O4Si2/c1-12(13(14)15)8-7-9-16-10-11-17-19(5,6)18(2,3)4/h1,7-11H2,2-6H3,(H,14,15). The quantitative estimate of drug-likeness (QED) is 0.383. The molecule has 4 nitrogen and oxygen atoms in total. The fraction of sp³-hybridized carbons (Fsp3) is 0.769. The van der Waals surface area contributed by atoms with E-state index >= 15 is 0 Å². The molecule has 0 aliphatic heterocycles. The molecule has 0 aliphatic carbocycles. The van der Waals surface area contributed by atoms with Crippen molar-refractivity contribution in [1.29, 1.82) is 0 Å². The topological polar surface area (TPSA) is 55.8 Å². The van der Waals surface area contributed by atoms with Gasteiger partial charge < -0.3 is 14.3 Å². The number of carboxylic acids is 1. The van der Waals surface area contributed by atoms with E-state index in [1.807, 2.05) is 0 Å². The Morgan fingerprint density at radius 1 is 1.11 bits per heavy atom. The molecule has 0 atom stereocenters. The predicted octanol–water partition coefficient (Wildman–Crippen LogP) is 3.06. The molecule has 0 aromatic heterocycles. The van der Waals surface area contributed by atoms with E-state index in [-0.39, 0.29) is 5.57 Å². The molecule has 0 saturated heterocycles. The van der Waals surface area contributed by atoms with Crippen molar-refractivity contribution in [3.05, 3.63) is 12.2 Å². The second-order valence-electron chi connectivity index (χ2n) is 6.23. The summed E-state index contributed by atoms with van der Waals surface area (Å²) in [5.41, 5.74) is 0.243. The average molecular weight is 305 g/mol. The van der Waals surface area contributed by atoms with E-state index < -0.39 is 21.4 Å². The summed E-state index contributed by atoms with van der Waals surface area (Å²) in [4.78, 5) is 10.5. The van der Waals surface area contributed by atoms with Crippen LogP contribution < -0.4 is 0 Å². The SMILES string of the molecule is C=C(CCCOCCO[Si](C)(C)[Si](C)(C)C)C(=O)O. The van der Waals surface area contributed by atoms with Crippen molar-refractivity contribution >= 4 is 21.4 Å². The number of aliphatic carboxylic acids is 1. The molecular weight excluding hydrogens is 276 g/mol. The van der Waals surface area contributed by atoms with E-state index in [1.165, 1.54) is 0 Å². The van der Waals surface area contributed by atoms with Gasteiger partial charge in [0.05, 0.1) is 20.8 Å². The Balaban J connectivity index is 3.62. The van der Waals surface area contributed by atoms with E-state index in [0.717, 1.165) is 0 Å². The summed E-state index contributed by atoms with van der Waals surface area (Å²) >= 11 is 0. The summed E-state index contributed by atoms with van der Waals surface area (Å²) in [5.74, 6) is -0.925. The van der Waals surface area contributed by atoms with E-state index in [2.05, 4.69) is 39.3 Å². The molecule has 6 heteroatoms. The van der Waals surface area contributed by atoms with Gasteiger partial charge in [-0.1, -0.05) is 26.2 Å². The van der Waals surface area contributed by atoms with Gasteiger partial charge in [0.15, 0.2) is 7.83 Å². The highest BCUT2D eigenvalue weighted by molar-refractivity contribution is 7.37. The molecule has 0 aromatic rings. The molecule has 0 bridgehead atoms. The van der Waals surface area contributed by atoms with Gasteiger partial charge in [-0.3, -0.25) is 0 Å². The van der Waals surface area contributed by atoms with Gasteiger partial charge in [-0.25, -0.2) is 4.79 Å². The van der Waals surface area contributed by atoms with Crippen molar-refractivity contribution in [3.8, 4) is 0 Å². The maximum Gasteiger partial charge on any atom is 0.330 e. The zero-order valence-corrected chi connectivity index (χ0v) is 14.9. The number of carbonyl (C=O) groups is 1. The summed E-state index contributed by atoms with van der Waals surface area (Å²) in [6.45, 7) is 16.8. The fourth-order valence-electron chi connectivity index (χ4n) is 1.17. The van der Waals surface area contributed by atoms with Crippen LogP contribution in [0.25, 0.3) is 0 Å². The lowest BCUT2D eigenvalue weighted by molar-refractivity contribution is -0.132. The Morgan fingerprint density at radius 2 is 1.68 bits per heavy atom. The lowest BCUT2D eigenvalue weighted by Gasteiger charge is -2.34. The van der Waals surface area contributed by atoms with Crippen LogP contribution in [0, 0.1) is 0 Å². The zero-order valence-electron chi connectivity index (χ0n) is 12.9. The van der Waals surface area contributed by atoms with Gasteiger partial charge >= 0.3 is 5.97 Å². The summed E-state index contributed by atoms with van der Waals surface area (Å²) < 4.78 is 11.5. The Kier molecular flexibility index (Phi) is 7.80. The second kappa shape index (κ2) is 7.99. The minimum Gasteiger partial charge on any atom is -0.478 e. The van der Waals surface area contributed by atoms with Crippen LogP contribution in [0.5, 0.6) is 0 Å². The Hall–Kier alpha value is -0.436. The summed E-state index contributed by atoms with van der Waals surface area (Å²) in [6.07, 6.45) is 1.17. The molecule has 0 radical (unpaired) electrons. The zero-order chi connectivity index (χ0) is 15.1. The molecule has 0 spiro atoms. The van der Waals surface area contributed by atoms with Gasteiger partial charge in [-0.2, -0.15) is 0 Å². The highest BCUT2D eigenvalue weighted by atomic mass is 29.3. The molecule has 0 unspecified atom stereocenters. The van der Waals surface area contributed by atoms with Crippen LogP contribution in [0.15, 0.2) is 12.2 Å². The molecule has 0 aromatic carbocycles. The molecule has 0 rings (SSSR count). The van der Waals surface area contributed by atoms with Crippen LogP contribution in [-0.4, -0.2) is 46.3 Å². The maximum absolute atomic E-state index is 10.5. The number of rotatable bonds is 10. The highest BCUT2D eigenvalue weighted by Gasteiger charge is 2.38. The second-order valence-corrected chi connectivity index (χ2v) is 22.2. The molecule has 1 N–H and O–H groups in total. The monoisotopic (exact) mass is 304 g/mol. The minimum atomic E-state index is -1.54. The van der Waals surface area contributed by atoms with E-state index in [4.69, 9.17) is 14.3 Å². The third-order valence-corrected chi connectivity index (χ3v) is 19.4. The first-order valence-electron chi connectivity index (χ1n) is 6.70. The normalized spacial score (nSPS) is 12.5. The molecule has 0 saturated carbocycles. The lowest BCUT2D eigenvalue weighted by Crippen LogP contribution is -2.55. The smallest absolute Gasteiger partial charge is 0.330 e. The molecule has 0 amide bonds. The van der Waals surface area contributed by atoms with Gasteiger partial charge in [0, 0.05) is 12.2 Å². The third-order valence-electron chi connectivity index (χ3n) is 3.57. The highest BCUT2D eigenvalue weighted by Crippen LogP contribution is 2.19. The molecule has 0 heterocycles. The third kappa shape index (κ3) is 7.66. The van der Waals surface area contributed by atoms with Crippen molar-refractivity contribution in [3.63, 3.8) is 0 Å². The largest absolute Gasteiger partial charge is 0.478 e. The number of carboxylic acid groups (broad SMARTS) is 1. The minimum absolute atomic E-state index is 0.243. The van der Waals surface area contributed by atoms with Crippen LogP contribution in [0.3, 0.4) is 0 Å². The Bertz CT molecular complexity index is 308. The molecule has 112 valence electrons. The van der Waals surface area contributed by atoms with Gasteiger partial charge in [0.25, 0.3) is 0 Å². The van der Waals surface area contributed by atoms with Crippen LogP contribution in [0.4, 0.5) is 0 Å². The first kappa shape index (κ1) is 18.6. The van der Waals surface area contributed by atoms with Gasteiger partial charge in [-0.05, 0) is 25.9 Å². The molecular formula is C13H28O4Si2. The number of ether oxygens (including phenoxy) is 1. The first-order chi connectivity index (χ1) is 8.58. The number of hydrogen-bond acceptors (Lipinski definition) is 3. The van der Waals surface area contributed by atoms with Gasteiger partial charge in [0.1, 0.15) is 0 Å². The van der Waals surface area contributed by atoms with Crippen LogP contribution in [0.2, 0.25) is 32.7 Å². The molecule has 0 aliphatic rings. The van der Waals surface area contributed by atoms with E-state index in [1.54, 1.807) is 0 Å². The van der Waals surface area contributed by atoms with Crippen molar-refractivity contribution in [2.45, 2.75) is 45.6 Å². The average Bonchev–Trinajstić information content (AvgIpc) is 2.25. The van der Waals surface area contributed by atoms with Crippen LogP contribution in [-0.2, 0) is 14.0 Å².